The number of methoxy groups -OCH3 is 2. The largest absolute Gasteiger partial charge is 0.493 e. The topological polar surface area (TPSA) is 134 Å². The quantitative estimate of drug-likeness (QED) is 0.501. The lowest BCUT2D eigenvalue weighted by atomic mass is 10.2. The van der Waals surface area contributed by atoms with Crippen LogP contribution < -0.4 is 29.6 Å². The van der Waals surface area contributed by atoms with Gasteiger partial charge in [0, 0.05) is 24.2 Å². The van der Waals surface area contributed by atoms with Gasteiger partial charge in [0.05, 0.1) is 14.2 Å². The summed E-state index contributed by atoms with van der Waals surface area (Å²) < 4.78 is 26.0. The number of benzene rings is 2. The highest BCUT2D eigenvalue weighted by atomic mass is 16.7. The first-order valence-electron chi connectivity index (χ1n) is 9.61. The summed E-state index contributed by atoms with van der Waals surface area (Å²) in [5, 5.41) is 9.15. The lowest BCUT2D eigenvalue weighted by Crippen LogP contribution is -2.34. The van der Waals surface area contributed by atoms with Gasteiger partial charge in [0.1, 0.15) is 0 Å². The molecule has 0 spiro atoms. The standard InChI is InChI=1S/C21H20N4O7/c1-28-14-5-4-13(10-16(14)29-2)19(26)22-7-8-23-20(27)21-24-18(25-32-21)12-3-6-15-17(9-12)31-11-30-15/h3-6,9-10H,7-8,11H2,1-2H3,(H,22,26)(H,23,27). The molecule has 11 nitrogen and oxygen atoms in total. The van der Waals surface area contributed by atoms with E-state index in [1.807, 2.05) is 0 Å². The number of nitrogens with zero attached hydrogens (tertiary/aromatic N) is 2. The van der Waals surface area contributed by atoms with E-state index in [-0.39, 0.29) is 37.5 Å². The Morgan fingerprint density at radius 2 is 1.69 bits per heavy atom. The molecule has 1 aliphatic heterocycles. The van der Waals surface area contributed by atoms with Crippen LogP contribution in [0.25, 0.3) is 11.4 Å². The van der Waals surface area contributed by atoms with Crippen LogP contribution in [0, 0.1) is 0 Å². The number of rotatable bonds is 8. The smallest absolute Gasteiger partial charge is 0.316 e. The van der Waals surface area contributed by atoms with Gasteiger partial charge in [-0.15, -0.1) is 0 Å². The van der Waals surface area contributed by atoms with Crippen LogP contribution >= 0.6 is 0 Å². The Kier molecular flexibility index (Phi) is 6.06. The molecular weight excluding hydrogens is 420 g/mol. The van der Waals surface area contributed by atoms with Crippen LogP contribution in [-0.4, -0.2) is 56.1 Å². The van der Waals surface area contributed by atoms with Crippen molar-refractivity contribution >= 4 is 11.8 Å². The van der Waals surface area contributed by atoms with E-state index in [1.54, 1.807) is 36.4 Å². The molecule has 4 rings (SSSR count). The Hall–Kier alpha value is -4.28. The van der Waals surface area contributed by atoms with Gasteiger partial charge >= 0.3 is 11.8 Å². The number of nitrogens with one attached hydrogen (secondary N) is 2. The molecule has 3 aromatic rings. The molecule has 1 aromatic heterocycles. The van der Waals surface area contributed by atoms with Gasteiger partial charge in [-0.25, -0.2) is 0 Å². The molecule has 0 atom stereocenters. The van der Waals surface area contributed by atoms with Gasteiger partial charge in [-0.2, -0.15) is 4.98 Å². The molecule has 2 amide bonds. The van der Waals surface area contributed by atoms with E-state index in [0.29, 0.717) is 34.1 Å². The highest BCUT2D eigenvalue weighted by Gasteiger charge is 2.19. The minimum Gasteiger partial charge on any atom is -0.493 e. The van der Waals surface area contributed by atoms with Crippen LogP contribution in [0.4, 0.5) is 0 Å². The van der Waals surface area contributed by atoms with Crippen molar-refractivity contribution in [2.75, 3.05) is 34.1 Å². The van der Waals surface area contributed by atoms with Crippen molar-refractivity contribution in [2.24, 2.45) is 0 Å². The molecule has 32 heavy (non-hydrogen) atoms. The third-order valence-electron chi connectivity index (χ3n) is 4.59. The van der Waals surface area contributed by atoms with Gasteiger partial charge < -0.3 is 34.1 Å². The van der Waals surface area contributed by atoms with Gasteiger partial charge in [-0.3, -0.25) is 9.59 Å². The summed E-state index contributed by atoms with van der Waals surface area (Å²) in [6.07, 6.45) is 0. The molecule has 2 heterocycles. The SMILES string of the molecule is COc1ccc(C(=O)NCCNC(=O)c2nc(-c3ccc4c(c3)OCO4)no2)cc1OC. The van der Waals surface area contributed by atoms with E-state index in [4.69, 9.17) is 23.5 Å². The van der Waals surface area contributed by atoms with Crippen LogP contribution in [0.1, 0.15) is 21.0 Å². The van der Waals surface area contributed by atoms with Gasteiger partial charge in [0.15, 0.2) is 23.0 Å². The lowest BCUT2D eigenvalue weighted by Gasteiger charge is -2.10. The Bertz CT molecular complexity index is 1140. The molecule has 0 saturated heterocycles. The average Bonchev–Trinajstić information content (AvgIpc) is 3.50. The molecule has 0 fully saturated rings. The third kappa shape index (κ3) is 4.41. The second kappa shape index (κ2) is 9.25. The Balaban J connectivity index is 1.28. The number of hydrogen-bond donors (Lipinski definition) is 2. The predicted molar refractivity (Wildman–Crippen MR) is 110 cm³/mol. The summed E-state index contributed by atoms with van der Waals surface area (Å²) in [5.74, 6) is 1.36. The number of ether oxygens (including phenoxy) is 4. The number of aromatic nitrogens is 2. The number of carbonyl (C=O) groups is 2. The van der Waals surface area contributed by atoms with Gasteiger partial charge in [0.2, 0.25) is 12.6 Å². The second-order valence-electron chi connectivity index (χ2n) is 6.57. The van der Waals surface area contributed by atoms with E-state index in [1.165, 1.54) is 14.2 Å². The van der Waals surface area contributed by atoms with Gasteiger partial charge in [-0.1, -0.05) is 5.16 Å². The van der Waals surface area contributed by atoms with Crippen molar-refractivity contribution in [2.45, 2.75) is 0 Å². The summed E-state index contributed by atoms with van der Waals surface area (Å²) in [6, 6.07) is 10.0. The minimum atomic E-state index is -0.551. The maximum absolute atomic E-state index is 12.3. The minimum absolute atomic E-state index is 0.154. The molecule has 0 aliphatic carbocycles. The van der Waals surface area contributed by atoms with Crippen molar-refractivity contribution < 1.29 is 33.1 Å². The fourth-order valence-corrected chi connectivity index (χ4v) is 2.98. The monoisotopic (exact) mass is 440 g/mol. The van der Waals surface area contributed by atoms with E-state index >= 15 is 0 Å². The van der Waals surface area contributed by atoms with Crippen LogP contribution in [0.2, 0.25) is 0 Å². The highest BCUT2D eigenvalue weighted by molar-refractivity contribution is 5.95. The predicted octanol–water partition coefficient (Wildman–Crippen LogP) is 1.64. The number of hydrogen-bond acceptors (Lipinski definition) is 9. The van der Waals surface area contributed by atoms with Gasteiger partial charge in [0.25, 0.3) is 5.91 Å². The van der Waals surface area contributed by atoms with Crippen molar-refractivity contribution in [3.05, 3.63) is 47.9 Å². The fourth-order valence-electron chi connectivity index (χ4n) is 2.98. The van der Waals surface area contributed by atoms with E-state index in [2.05, 4.69) is 20.8 Å². The van der Waals surface area contributed by atoms with Crippen LogP contribution in [-0.2, 0) is 0 Å². The summed E-state index contributed by atoms with van der Waals surface area (Å²) in [5.41, 5.74) is 1.03. The third-order valence-corrected chi connectivity index (χ3v) is 4.59. The van der Waals surface area contributed by atoms with E-state index in [9.17, 15) is 9.59 Å². The first kappa shape index (κ1) is 21.0. The number of amides is 2. The molecule has 1 aliphatic rings. The first-order chi connectivity index (χ1) is 15.6. The fraction of sp³-hybridized carbons (Fsp3) is 0.238. The summed E-state index contributed by atoms with van der Waals surface area (Å²) >= 11 is 0. The van der Waals surface area contributed by atoms with Crippen molar-refractivity contribution in [1.29, 1.82) is 0 Å². The molecule has 0 saturated carbocycles. The molecular formula is C21H20N4O7. The van der Waals surface area contributed by atoms with Crippen LogP contribution in [0.3, 0.4) is 0 Å². The van der Waals surface area contributed by atoms with E-state index in [0.717, 1.165) is 0 Å². The highest BCUT2D eigenvalue weighted by Crippen LogP contribution is 2.35. The molecule has 0 bridgehead atoms. The van der Waals surface area contributed by atoms with E-state index < -0.39 is 5.91 Å². The van der Waals surface area contributed by atoms with Crippen LogP contribution in [0.15, 0.2) is 40.9 Å². The number of fused-ring (bicyclic) bond motifs is 1. The molecule has 166 valence electrons. The van der Waals surface area contributed by atoms with Crippen LogP contribution in [0.5, 0.6) is 23.0 Å². The molecule has 2 aromatic carbocycles. The van der Waals surface area contributed by atoms with Crippen molar-refractivity contribution in [1.82, 2.24) is 20.8 Å². The van der Waals surface area contributed by atoms with Crippen molar-refractivity contribution in [3.63, 3.8) is 0 Å². The maximum atomic E-state index is 12.3. The van der Waals surface area contributed by atoms with Crippen molar-refractivity contribution in [3.8, 4) is 34.4 Å². The second-order valence-corrected chi connectivity index (χ2v) is 6.57. The normalized spacial score (nSPS) is 11.7. The first-order valence-corrected chi connectivity index (χ1v) is 9.61. The molecule has 2 N–H and O–H groups in total. The summed E-state index contributed by atoms with van der Waals surface area (Å²) in [6.45, 7) is 0.517. The maximum Gasteiger partial charge on any atom is 0.316 e. The zero-order valence-electron chi connectivity index (χ0n) is 17.3. The average molecular weight is 440 g/mol. The summed E-state index contributed by atoms with van der Waals surface area (Å²) in [4.78, 5) is 28.6. The zero-order chi connectivity index (χ0) is 22.5. The Morgan fingerprint density at radius 3 is 2.47 bits per heavy atom. The number of carbonyl (C=O) groups excluding carboxylic acids is 2. The molecule has 0 radical (unpaired) electrons. The zero-order valence-corrected chi connectivity index (χ0v) is 17.3. The lowest BCUT2D eigenvalue weighted by molar-refractivity contribution is 0.0898. The molecule has 0 unspecified atom stereocenters. The Morgan fingerprint density at radius 1 is 0.938 bits per heavy atom. The Labute approximate surface area is 182 Å². The summed E-state index contributed by atoms with van der Waals surface area (Å²) in [7, 11) is 3.01. The molecule has 11 heteroatoms. The van der Waals surface area contributed by atoms with Gasteiger partial charge in [-0.05, 0) is 36.4 Å².